The predicted octanol–water partition coefficient (Wildman–Crippen LogP) is -1.02. The van der Waals surface area contributed by atoms with E-state index in [9.17, 15) is 4.79 Å². The van der Waals surface area contributed by atoms with Gasteiger partial charge < -0.3 is 4.65 Å². The zero-order chi connectivity index (χ0) is 8.27. The lowest BCUT2D eigenvalue weighted by Crippen LogP contribution is -2.05. The Morgan fingerprint density at radius 3 is 3.09 bits per heavy atom. The summed E-state index contributed by atoms with van der Waals surface area (Å²) in [6.45, 7) is 0. The van der Waals surface area contributed by atoms with Crippen LogP contribution in [0.4, 0.5) is 0 Å². The first-order valence-electron chi connectivity index (χ1n) is 2.97. The third-order valence-electron chi connectivity index (χ3n) is 1.11. The van der Waals surface area contributed by atoms with Gasteiger partial charge >= 0.3 is 8.05 Å². The molecule has 11 heavy (non-hydrogen) atoms. The van der Waals surface area contributed by atoms with Gasteiger partial charge in [-0.3, -0.25) is 9.48 Å². The van der Waals surface area contributed by atoms with Crippen molar-refractivity contribution in [2.24, 2.45) is 7.05 Å². The van der Waals surface area contributed by atoms with E-state index in [1.807, 2.05) is 0 Å². The van der Waals surface area contributed by atoms with Crippen molar-refractivity contribution in [3.8, 4) is 0 Å². The number of carbonyl (C=O) groups is 1. The normalized spacial score (nSPS) is 9.55. The summed E-state index contributed by atoms with van der Waals surface area (Å²) >= 11 is 0. The lowest BCUT2D eigenvalue weighted by Gasteiger charge is -1.92. The lowest BCUT2D eigenvalue weighted by atomic mass is 10.3. The van der Waals surface area contributed by atoms with Crippen LogP contribution < -0.4 is 0 Å². The summed E-state index contributed by atoms with van der Waals surface area (Å²) in [6.07, 6.45) is 1.68. The summed E-state index contributed by atoms with van der Waals surface area (Å²) in [6, 6.07) is 0. The second-order valence-electron chi connectivity index (χ2n) is 2.05. The molecule has 1 heterocycles. The summed E-state index contributed by atoms with van der Waals surface area (Å²) in [5, 5.41) is 7.28. The van der Waals surface area contributed by atoms with Crippen LogP contribution in [0.15, 0.2) is 6.20 Å². The lowest BCUT2D eigenvalue weighted by molar-refractivity contribution is -0.133. The van der Waals surface area contributed by atoms with Crippen molar-refractivity contribution < 1.29 is 9.45 Å². The second kappa shape index (κ2) is 3.18. The quantitative estimate of drug-likeness (QED) is 0.507. The Balaban J connectivity index is 2.57. The third kappa shape index (κ3) is 2.07. The molecule has 0 amide bonds. The molecule has 2 radical (unpaired) electrons. The standard InChI is InChI=1S/C5H6BN3O2/c1-9-3-4(7-8-9)2-5(10)11-6/h3H,2H2,1H3. The van der Waals surface area contributed by atoms with Crippen molar-refractivity contribution in [1.82, 2.24) is 15.0 Å². The van der Waals surface area contributed by atoms with Gasteiger partial charge in [0.15, 0.2) is 0 Å². The number of rotatable bonds is 2. The first-order valence-corrected chi connectivity index (χ1v) is 2.97. The maximum atomic E-state index is 10.6. The molecular weight excluding hydrogens is 145 g/mol. The van der Waals surface area contributed by atoms with Gasteiger partial charge in [0.05, 0.1) is 12.1 Å². The molecule has 0 aliphatic rings. The van der Waals surface area contributed by atoms with Crippen molar-refractivity contribution in [3.05, 3.63) is 11.9 Å². The molecule has 0 fully saturated rings. The molecule has 56 valence electrons. The Bertz CT molecular complexity index is 260. The minimum atomic E-state index is -0.523. The molecule has 0 saturated carbocycles. The molecule has 0 aliphatic heterocycles. The minimum absolute atomic E-state index is 0.0599. The molecule has 0 aromatic carbocycles. The van der Waals surface area contributed by atoms with Gasteiger partial charge in [-0.2, -0.15) is 0 Å². The van der Waals surface area contributed by atoms with Crippen molar-refractivity contribution in [3.63, 3.8) is 0 Å². The van der Waals surface area contributed by atoms with E-state index in [0.717, 1.165) is 0 Å². The van der Waals surface area contributed by atoms with Gasteiger partial charge in [0.1, 0.15) is 0 Å². The zero-order valence-electron chi connectivity index (χ0n) is 6.02. The van der Waals surface area contributed by atoms with E-state index in [1.165, 1.54) is 4.68 Å². The van der Waals surface area contributed by atoms with Gasteiger partial charge in [-0.15, -0.1) is 5.10 Å². The Morgan fingerprint density at radius 2 is 2.64 bits per heavy atom. The van der Waals surface area contributed by atoms with Crippen molar-refractivity contribution in [2.75, 3.05) is 0 Å². The third-order valence-corrected chi connectivity index (χ3v) is 1.11. The van der Waals surface area contributed by atoms with Crippen LogP contribution in [0.5, 0.6) is 0 Å². The zero-order valence-corrected chi connectivity index (χ0v) is 6.02. The van der Waals surface area contributed by atoms with Crippen LogP contribution in [-0.4, -0.2) is 29.0 Å². The molecule has 0 bridgehead atoms. The highest BCUT2D eigenvalue weighted by molar-refractivity contribution is 6.05. The van der Waals surface area contributed by atoms with Gasteiger partial charge in [-0.1, -0.05) is 5.21 Å². The summed E-state index contributed by atoms with van der Waals surface area (Å²) in [7, 11) is 6.33. The van der Waals surface area contributed by atoms with E-state index in [-0.39, 0.29) is 6.42 Å². The number of aryl methyl sites for hydroxylation is 1. The Hall–Kier alpha value is -1.33. The van der Waals surface area contributed by atoms with Crippen molar-refractivity contribution in [1.29, 1.82) is 0 Å². The van der Waals surface area contributed by atoms with Gasteiger partial charge in [0.25, 0.3) is 5.97 Å². The van der Waals surface area contributed by atoms with Gasteiger partial charge in [0, 0.05) is 13.2 Å². The SMILES string of the molecule is [B]OC(=O)Cc1cn(C)nn1. The van der Waals surface area contributed by atoms with Crippen LogP contribution in [-0.2, 0) is 22.9 Å². The summed E-state index contributed by atoms with van der Waals surface area (Å²) < 4.78 is 5.45. The van der Waals surface area contributed by atoms with Gasteiger partial charge in [-0.05, 0) is 0 Å². The molecule has 1 aromatic heterocycles. The topological polar surface area (TPSA) is 57.0 Å². The molecule has 0 spiro atoms. The van der Waals surface area contributed by atoms with E-state index in [2.05, 4.69) is 23.0 Å². The number of hydrogen-bond donors (Lipinski definition) is 0. The highest BCUT2D eigenvalue weighted by Gasteiger charge is 2.04. The largest absolute Gasteiger partial charge is 0.543 e. The van der Waals surface area contributed by atoms with E-state index in [0.29, 0.717) is 5.69 Å². The first kappa shape index (κ1) is 7.78. The number of aromatic nitrogens is 3. The minimum Gasteiger partial charge on any atom is -0.543 e. The van der Waals surface area contributed by atoms with E-state index in [4.69, 9.17) is 0 Å². The Morgan fingerprint density at radius 1 is 1.91 bits per heavy atom. The molecule has 1 rings (SSSR count). The molecule has 0 N–H and O–H groups in total. The predicted molar refractivity (Wildman–Crippen MR) is 36.6 cm³/mol. The average molecular weight is 151 g/mol. The van der Waals surface area contributed by atoms with Crippen LogP contribution in [0.2, 0.25) is 0 Å². The molecule has 0 aliphatic carbocycles. The number of carbonyl (C=O) groups excluding carboxylic acids is 1. The second-order valence-corrected chi connectivity index (χ2v) is 2.05. The Kier molecular flexibility index (Phi) is 2.25. The van der Waals surface area contributed by atoms with Crippen LogP contribution >= 0.6 is 0 Å². The summed E-state index contributed by atoms with van der Waals surface area (Å²) in [5.74, 6) is -0.523. The molecule has 0 saturated heterocycles. The number of hydrogen-bond acceptors (Lipinski definition) is 4. The van der Waals surface area contributed by atoms with Crippen LogP contribution in [0.25, 0.3) is 0 Å². The van der Waals surface area contributed by atoms with E-state index >= 15 is 0 Å². The van der Waals surface area contributed by atoms with Crippen LogP contribution in [0.1, 0.15) is 5.69 Å². The smallest absolute Gasteiger partial charge is 0.378 e. The summed E-state index contributed by atoms with van der Waals surface area (Å²) in [5.41, 5.74) is 0.544. The molecule has 5 nitrogen and oxygen atoms in total. The molecule has 6 heteroatoms. The average Bonchev–Trinajstić information content (AvgIpc) is 2.35. The highest BCUT2D eigenvalue weighted by Crippen LogP contribution is 1.93. The van der Waals surface area contributed by atoms with E-state index in [1.54, 1.807) is 13.2 Å². The fraction of sp³-hybridized carbons (Fsp3) is 0.400. The highest BCUT2D eigenvalue weighted by atomic mass is 16.5. The maximum absolute atomic E-state index is 10.6. The molecule has 0 atom stereocenters. The monoisotopic (exact) mass is 151 g/mol. The molecule has 1 aromatic rings. The van der Waals surface area contributed by atoms with Crippen molar-refractivity contribution >= 4 is 14.0 Å². The Labute approximate surface area is 64.8 Å². The molecule has 0 unspecified atom stereocenters. The van der Waals surface area contributed by atoms with Crippen LogP contribution in [0.3, 0.4) is 0 Å². The summed E-state index contributed by atoms with van der Waals surface area (Å²) in [4.78, 5) is 10.6. The fourth-order valence-corrected chi connectivity index (χ4v) is 0.666. The fourth-order valence-electron chi connectivity index (χ4n) is 0.666. The van der Waals surface area contributed by atoms with Gasteiger partial charge in [-0.25, -0.2) is 0 Å². The maximum Gasteiger partial charge on any atom is 0.378 e. The van der Waals surface area contributed by atoms with Crippen molar-refractivity contribution in [2.45, 2.75) is 6.42 Å². The van der Waals surface area contributed by atoms with Gasteiger partial charge in [0.2, 0.25) is 0 Å². The van der Waals surface area contributed by atoms with E-state index < -0.39 is 5.97 Å². The number of nitrogens with zero attached hydrogens (tertiary/aromatic N) is 3. The first-order chi connectivity index (χ1) is 5.22. The molecular formula is C5H6BN3O2. The van der Waals surface area contributed by atoms with Crippen LogP contribution in [0, 0.1) is 0 Å².